The molecule has 30 heavy (non-hydrogen) atoms. The summed E-state index contributed by atoms with van der Waals surface area (Å²) in [5.41, 5.74) is -0.0250. The van der Waals surface area contributed by atoms with Gasteiger partial charge in [-0.15, -0.1) is 0 Å². The van der Waals surface area contributed by atoms with E-state index in [0.29, 0.717) is 32.3 Å². The Kier molecular flexibility index (Phi) is 8.20. The van der Waals surface area contributed by atoms with Crippen molar-refractivity contribution in [1.82, 2.24) is 16.0 Å². The molecular formula is C22H36N4O4. The van der Waals surface area contributed by atoms with E-state index < -0.39 is 17.2 Å². The fourth-order valence-electron chi connectivity index (χ4n) is 2.75. The summed E-state index contributed by atoms with van der Waals surface area (Å²) < 4.78 is 16.8. The number of hydrogen-bond donors (Lipinski definition) is 3. The number of nitrogens with one attached hydrogen (secondary N) is 3. The summed E-state index contributed by atoms with van der Waals surface area (Å²) in [6.07, 6.45) is 0.437. The Morgan fingerprint density at radius 1 is 1.10 bits per heavy atom. The number of aliphatic imine (C=N–C) groups is 1. The Hall–Kier alpha value is -2.64. The second-order valence-electron chi connectivity index (χ2n) is 8.89. The second-order valence-corrected chi connectivity index (χ2v) is 8.89. The zero-order valence-electron chi connectivity index (χ0n) is 19.1. The van der Waals surface area contributed by atoms with Gasteiger partial charge in [0.25, 0.3) is 0 Å². The average Bonchev–Trinajstić information content (AvgIpc) is 2.86. The smallest absolute Gasteiger partial charge is 0.408 e. The third kappa shape index (κ3) is 8.39. The normalized spacial score (nSPS) is 14.5. The van der Waals surface area contributed by atoms with E-state index in [9.17, 15) is 4.79 Å². The minimum atomic E-state index is -0.535. The first-order valence-corrected chi connectivity index (χ1v) is 10.5. The molecule has 0 unspecified atom stereocenters. The first-order chi connectivity index (χ1) is 14.1. The summed E-state index contributed by atoms with van der Waals surface area (Å²) in [7, 11) is 0. The maximum Gasteiger partial charge on any atom is 0.408 e. The molecule has 0 atom stereocenters. The zero-order chi connectivity index (χ0) is 22.2. The van der Waals surface area contributed by atoms with Crippen LogP contribution in [-0.4, -0.2) is 49.5 Å². The van der Waals surface area contributed by atoms with Crippen molar-refractivity contribution in [3.8, 4) is 11.5 Å². The van der Waals surface area contributed by atoms with Crippen LogP contribution in [0.2, 0.25) is 0 Å². The highest BCUT2D eigenvalue weighted by Crippen LogP contribution is 2.30. The molecule has 3 N–H and O–H groups in total. The van der Waals surface area contributed by atoms with Crippen molar-refractivity contribution in [1.29, 1.82) is 0 Å². The highest BCUT2D eigenvalue weighted by atomic mass is 16.6. The Morgan fingerprint density at radius 2 is 1.80 bits per heavy atom. The molecule has 8 nitrogen and oxygen atoms in total. The molecule has 0 saturated heterocycles. The molecule has 2 rings (SSSR count). The molecule has 1 amide bonds. The van der Waals surface area contributed by atoms with E-state index >= 15 is 0 Å². The number of hydrogen-bond acceptors (Lipinski definition) is 5. The lowest BCUT2D eigenvalue weighted by atomic mass is 10.1. The Labute approximate surface area is 179 Å². The highest BCUT2D eigenvalue weighted by Gasteiger charge is 2.24. The van der Waals surface area contributed by atoms with E-state index in [1.54, 1.807) is 0 Å². The maximum absolute atomic E-state index is 12.1. The van der Waals surface area contributed by atoms with Gasteiger partial charge in [0.05, 0.1) is 25.3 Å². The number of benzene rings is 1. The van der Waals surface area contributed by atoms with Crippen molar-refractivity contribution >= 4 is 12.1 Å². The van der Waals surface area contributed by atoms with Gasteiger partial charge in [0, 0.05) is 19.5 Å². The van der Waals surface area contributed by atoms with Gasteiger partial charge in [0.2, 0.25) is 0 Å². The first-order valence-electron chi connectivity index (χ1n) is 10.5. The largest absolute Gasteiger partial charge is 0.490 e. The molecular weight excluding hydrogens is 384 g/mol. The van der Waals surface area contributed by atoms with Gasteiger partial charge >= 0.3 is 6.09 Å². The van der Waals surface area contributed by atoms with Gasteiger partial charge in [-0.1, -0.05) is 6.07 Å². The molecule has 1 heterocycles. The van der Waals surface area contributed by atoms with E-state index in [2.05, 4.69) is 20.9 Å². The lowest BCUT2D eigenvalue weighted by Crippen LogP contribution is -2.54. The number of fused-ring (bicyclic) bond motifs is 1. The molecule has 0 fully saturated rings. The Bertz CT molecular complexity index is 741. The lowest BCUT2D eigenvalue weighted by molar-refractivity contribution is 0.0474. The van der Waals surface area contributed by atoms with Crippen molar-refractivity contribution in [3.05, 3.63) is 23.8 Å². The number of amides is 1. The van der Waals surface area contributed by atoms with Crippen LogP contribution in [0, 0.1) is 0 Å². The predicted octanol–water partition coefficient (Wildman–Crippen LogP) is 3.21. The minimum absolute atomic E-state index is 0.441. The van der Waals surface area contributed by atoms with Gasteiger partial charge in [-0.2, -0.15) is 0 Å². The molecule has 1 aliphatic rings. The second kappa shape index (κ2) is 10.4. The Morgan fingerprint density at radius 3 is 2.47 bits per heavy atom. The first kappa shape index (κ1) is 23.6. The number of carbonyl (C=O) groups excluding carboxylic acids is 1. The molecule has 168 valence electrons. The van der Waals surface area contributed by atoms with Gasteiger partial charge < -0.3 is 30.2 Å². The Balaban J connectivity index is 1.95. The van der Waals surface area contributed by atoms with Crippen molar-refractivity contribution in [2.75, 3.05) is 26.3 Å². The monoisotopic (exact) mass is 420 g/mol. The lowest BCUT2D eigenvalue weighted by Gasteiger charge is -2.29. The van der Waals surface area contributed by atoms with Crippen molar-refractivity contribution in [2.45, 2.75) is 65.6 Å². The van der Waals surface area contributed by atoms with Gasteiger partial charge in [-0.3, -0.25) is 0 Å². The highest BCUT2D eigenvalue weighted by molar-refractivity contribution is 5.80. The average molecular weight is 421 g/mol. The minimum Gasteiger partial charge on any atom is -0.490 e. The summed E-state index contributed by atoms with van der Waals surface area (Å²) in [5, 5.41) is 9.40. The standard InChI is InChI=1S/C22H36N4O4/c1-7-23-19(25-15-22(5,6)26-20(27)30-21(2,3)4)24-14-16-9-10-17-18(13-16)29-12-8-11-28-17/h9-10,13H,7-8,11-12,14-15H2,1-6H3,(H,26,27)(H2,23,24,25). The van der Waals surface area contributed by atoms with Crippen LogP contribution in [0.3, 0.4) is 0 Å². The van der Waals surface area contributed by atoms with Gasteiger partial charge in [-0.05, 0) is 59.2 Å². The van der Waals surface area contributed by atoms with E-state index in [1.807, 2.05) is 59.7 Å². The third-order valence-corrected chi connectivity index (χ3v) is 4.11. The molecule has 1 aromatic rings. The van der Waals surface area contributed by atoms with E-state index in [1.165, 1.54) is 0 Å². The van der Waals surface area contributed by atoms with Crippen LogP contribution in [0.5, 0.6) is 11.5 Å². The number of nitrogens with zero attached hydrogens (tertiary/aromatic N) is 1. The van der Waals surface area contributed by atoms with Crippen molar-refractivity contribution in [2.24, 2.45) is 4.99 Å². The number of alkyl carbamates (subject to hydrolysis) is 1. The van der Waals surface area contributed by atoms with Gasteiger partial charge in [-0.25, -0.2) is 9.79 Å². The van der Waals surface area contributed by atoms with Crippen LogP contribution < -0.4 is 25.4 Å². The van der Waals surface area contributed by atoms with E-state index in [0.717, 1.165) is 30.0 Å². The summed E-state index contributed by atoms with van der Waals surface area (Å²) in [4.78, 5) is 16.7. The summed E-state index contributed by atoms with van der Waals surface area (Å²) in [6.45, 7) is 14.4. The van der Waals surface area contributed by atoms with Crippen molar-refractivity contribution in [3.63, 3.8) is 0 Å². The molecule has 0 aliphatic carbocycles. The van der Waals surface area contributed by atoms with Crippen LogP contribution in [0.1, 0.15) is 53.5 Å². The van der Waals surface area contributed by atoms with Crippen LogP contribution in [0.15, 0.2) is 23.2 Å². The van der Waals surface area contributed by atoms with Gasteiger partial charge in [0.1, 0.15) is 5.60 Å². The quantitative estimate of drug-likeness (QED) is 0.483. The number of ether oxygens (including phenoxy) is 3. The summed E-state index contributed by atoms with van der Waals surface area (Å²) >= 11 is 0. The molecule has 1 aromatic carbocycles. The summed E-state index contributed by atoms with van der Waals surface area (Å²) in [5.74, 6) is 2.21. The molecule has 0 aromatic heterocycles. The fourth-order valence-corrected chi connectivity index (χ4v) is 2.75. The van der Waals surface area contributed by atoms with E-state index in [-0.39, 0.29) is 0 Å². The predicted molar refractivity (Wildman–Crippen MR) is 118 cm³/mol. The van der Waals surface area contributed by atoms with Crippen LogP contribution >= 0.6 is 0 Å². The molecule has 0 spiro atoms. The van der Waals surface area contributed by atoms with Crippen LogP contribution in [-0.2, 0) is 11.3 Å². The molecule has 1 aliphatic heterocycles. The maximum atomic E-state index is 12.1. The van der Waals surface area contributed by atoms with Gasteiger partial charge in [0.15, 0.2) is 17.5 Å². The van der Waals surface area contributed by atoms with Crippen LogP contribution in [0.4, 0.5) is 4.79 Å². The number of carbonyl (C=O) groups is 1. The molecule has 0 radical (unpaired) electrons. The molecule has 0 saturated carbocycles. The zero-order valence-corrected chi connectivity index (χ0v) is 19.1. The summed E-state index contributed by atoms with van der Waals surface area (Å²) in [6, 6.07) is 5.90. The molecule has 0 bridgehead atoms. The fraction of sp³-hybridized carbons (Fsp3) is 0.636. The number of rotatable bonds is 6. The van der Waals surface area contributed by atoms with Crippen LogP contribution in [0.25, 0.3) is 0 Å². The van der Waals surface area contributed by atoms with Crippen molar-refractivity contribution < 1.29 is 19.0 Å². The third-order valence-electron chi connectivity index (χ3n) is 4.11. The molecule has 8 heteroatoms. The number of guanidine groups is 1. The van der Waals surface area contributed by atoms with E-state index in [4.69, 9.17) is 14.2 Å². The SMILES string of the molecule is CCNC(=NCc1ccc2c(c1)OCCCO2)NCC(C)(C)NC(=O)OC(C)(C)C. The topological polar surface area (TPSA) is 93.2 Å².